The monoisotopic (exact) mass is 500 g/mol. The van der Waals surface area contributed by atoms with Gasteiger partial charge in [0.05, 0.1) is 23.7 Å². The molecule has 2 fully saturated rings. The van der Waals surface area contributed by atoms with Crippen molar-refractivity contribution in [2.45, 2.75) is 25.9 Å². The van der Waals surface area contributed by atoms with Crippen molar-refractivity contribution in [1.29, 1.82) is 0 Å². The largest absolute Gasteiger partial charge is 0.489 e. The molecule has 2 aliphatic rings. The molecule has 1 aliphatic heterocycles. The van der Waals surface area contributed by atoms with Crippen LogP contribution in [0.5, 0.6) is 11.5 Å². The van der Waals surface area contributed by atoms with Gasteiger partial charge in [-0.15, -0.1) is 0 Å². The van der Waals surface area contributed by atoms with Crippen LogP contribution in [0.1, 0.15) is 19.8 Å². The molecule has 8 nitrogen and oxygen atoms in total. The van der Waals surface area contributed by atoms with Crippen LogP contribution in [0.15, 0.2) is 36.7 Å². The van der Waals surface area contributed by atoms with Gasteiger partial charge in [0.25, 0.3) is 0 Å². The van der Waals surface area contributed by atoms with E-state index in [-0.39, 0.29) is 23.6 Å². The number of carbonyl (C=O) groups excluding carboxylic acids is 1. The van der Waals surface area contributed by atoms with E-state index in [9.17, 15) is 9.18 Å². The summed E-state index contributed by atoms with van der Waals surface area (Å²) in [6.07, 6.45) is 3.66. The van der Waals surface area contributed by atoms with E-state index >= 15 is 0 Å². The molecule has 1 atom stereocenters. The minimum atomic E-state index is -0.491. The van der Waals surface area contributed by atoms with Crippen molar-refractivity contribution in [3.05, 3.63) is 47.5 Å². The molecule has 184 valence electrons. The van der Waals surface area contributed by atoms with Crippen LogP contribution in [0.25, 0.3) is 10.9 Å². The SMILES string of the molecule is C[C@@H]1CN(CCOc2cc3c(Nc4ccc(F)c(Cl)c4)ncnc3cc2OCC2CC2)CC(=O)O1. The Kier molecular flexibility index (Phi) is 6.88. The van der Waals surface area contributed by atoms with Crippen molar-refractivity contribution < 1.29 is 23.4 Å². The van der Waals surface area contributed by atoms with Gasteiger partial charge in [0.1, 0.15) is 30.7 Å². The number of esters is 1. The highest BCUT2D eigenvalue weighted by molar-refractivity contribution is 6.31. The van der Waals surface area contributed by atoms with Crippen molar-refractivity contribution >= 4 is 40.0 Å². The number of carbonyl (C=O) groups is 1. The average molecular weight is 501 g/mol. The second-order valence-electron chi connectivity index (χ2n) is 8.93. The van der Waals surface area contributed by atoms with Crippen LogP contribution in [-0.2, 0) is 9.53 Å². The Morgan fingerprint density at radius 3 is 2.80 bits per heavy atom. The van der Waals surface area contributed by atoms with Crippen LogP contribution in [0.2, 0.25) is 5.02 Å². The van der Waals surface area contributed by atoms with Crippen molar-refractivity contribution in [1.82, 2.24) is 14.9 Å². The zero-order valence-corrected chi connectivity index (χ0v) is 20.1. The van der Waals surface area contributed by atoms with E-state index < -0.39 is 5.82 Å². The summed E-state index contributed by atoms with van der Waals surface area (Å²) < 4.78 is 31.0. The molecule has 2 heterocycles. The highest BCUT2D eigenvalue weighted by atomic mass is 35.5. The number of morpholine rings is 1. The van der Waals surface area contributed by atoms with Crippen LogP contribution in [0.4, 0.5) is 15.9 Å². The van der Waals surface area contributed by atoms with E-state index in [2.05, 4.69) is 15.3 Å². The summed E-state index contributed by atoms with van der Waals surface area (Å²) in [5.74, 6) is 1.58. The number of cyclic esters (lactones) is 1. The van der Waals surface area contributed by atoms with Crippen LogP contribution in [0, 0.1) is 11.7 Å². The topological polar surface area (TPSA) is 85.8 Å². The van der Waals surface area contributed by atoms with Gasteiger partial charge in [-0.2, -0.15) is 0 Å². The Labute approximate surface area is 207 Å². The Bertz CT molecular complexity index is 1240. The lowest BCUT2D eigenvalue weighted by Gasteiger charge is -2.30. The normalized spacial score (nSPS) is 18.4. The van der Waals surface area contributed by atoms with Crippen LogP contribution in [-0.4, -0.2) is 59.8 Å². The first kappa shape index (κ1) is 23.6. The van der Waals surface area contributed by atoms with Gasteiger partial charge in [-0.25, -0.2) is 14.4 Å². The van der Waals surface area contributed by atoms with Crippen molar-refractivity contribution in [2.24, 2.45) is 5.92 Å². The summed E-state index contributed by atoms with van der Waals surface area (Å²) in [4.78, 5) is 22.5. The Morgan fingerprint density at radius 1 is 1.20 bits per heavy atom. The third-order valence-corrected chi connectivity index (χ3v) is 6.21. The van der Waals surface area contributed by atoms with Gasteiger partial charge < -0.3 is 19.5 Å². The number of hydrogen-bond donors (Lipinski definition) is 1. The first-order valence-corrected chi connectivity index (χ1v) is 12.0. The fourth-order valence-corrected chi connectivity index (χ4v) is 4.14. The molecular weight excluding hydrogens is 475 g/mol. The van der Waals surface area contributed by atoms with E-state index in [0.717, 1.165) is 5.39 Å². The van der Waals surface area contributed by atoms with Gasteiger partial charge in [-0.3, -0.25) is 9.69 Å². The van der Waals surface area contributed by atoms with Crippen LogP contribution in [0.3, 0.4) is 0 Å². The predicted molar refractivity (Wildman–Crippen MR) is 130 cm³/mol. The number of anilines is 2. The summed E-state index contributed by atoms with van der Waals surface area (Å²) in [5, 5.41) is 3.92. The fraction of sp³-hybridized carbons (Fsp3) is 0.400. The standard InChI is InChI=1S/C25H26ClFN4O4/c1-15-11-31(12-24(32)35-15)6-7-33-22-9-18-21(10-23(22)34-13-16-2-3-16)28-14-29-25(18)30-17-4-5-20(27)19(26)8-17/h4-5,8-10,14-16H,2-3,6-7,11-13H2,1H3,(H,28,29,30)/t15-/m1/s1. The zero-order chi connectivity index (χ0) is 24.4. The molecule has 2 aromatic carbocycles. The highest BCUT2D eigenvalue weighted by Gasteiger charge is 2.25. The van der Waals surface area contributed by atoms with E-state index in [1.807, 2.05) is 24.0 Å². The highest BCUT2D eigenvalue weighted by Crippen LogP contribution is 2.37. The zero-order valence-electron chi connectivity index (χ0n) is 19.3. The molecule has 3 aromatic rings. The van der Waals surface area contributed by atoms with Crippen molar-refractivity contribution in [2.75, 3.05) is 38.2 Å². The number of rotatable bonds is 9. The van der Waals surface area contributed by atoms with Gasteiger partial charge >= 0.3 is 5.97 Å². The number of aromatic nitrogens is 2. The fourth-order valence-electron chi connectivity index (χ4n) is 3.96. The summed E-state index contributed by atoms with van der Waals surface area (Å²) >= 11 is 5.93. The maximum absolute atomic E-state index is 13.6. The lowest BCUT2D eigenvalue weighted by atomic mass is 10.2. The average Bonchev–Trinajstić information content (AvgIpc) is 3.64. The predicted octanol–water partition coefficient (Wildman–Crippen LogP) is 4.58. The van der Waals surface area contributed by atoms with E-state index in [0.29, 0.717) is 60.7 Å². The number of fused-ring (bicyclic) bond motifs is 1. The van der Waals surface area contributed by atoms with Crippen LogP contribution >= 0.6 is 11.6 Å². The molecule has 10 heteroatoms. The maximum atomic E-state index is 13.6. The lowest BCUT2D eigenvalue weighted by Crippen LogP contribution is -2.45. The molecule has 1 saturated carbocycles. The number of hydrogen-bond acceptors (Lipinski definition) is 8. The number of ether oxygens (including phenoxy) is 3. The van der Waals surface area contributed by atoms with Gasteiger partial charge in [-0.05, 0) is 49.9 Å². The smallest absolute Gasteiger partial charge is 0.320 e. The minimum absolute atomic E-state index is 0.0176. The van der Waals surface area contributed by atoms with E-state index in [4.69, 9.17) is 25.8 Å². The third kappa shape index (κ3) is 5.91. The second kappa shape index (κ2) is 10.2. The molecule has 1 aromatic heterocycles. The number of halogens is 2. The number of nitrogens with zero attached hydrogens (tertiary/aromatic N) is 3. The van der Waals surface area contributed by atoms with Crippen molar-refractivity contribution in [3.8, 4) is 11.5 Å². The van der Waals surface area contributed by atoms with Crippen LogP contribution < -0.4 is 14.8 Å². The van der Waals surface area contributed by atoms with Gasteiger partial charge in [0.15, 0.2) is 11.5 Å². The number of benzene rings is 2. The molecule has 1 N–H and O–H groups in total. The molecule has 0 bridgehead atoms. The molecule has 1 aliphatic carbocycles. The van der Waals surface area contributed by atoms with Gasteiger partial charge in [-0.1, -0.05) is 11.6 Å². The molecule has 1 saturated heterocycles. The van der Waals surface area contributed by atoms with Gasteiger partial charge in [0, 0.05) is 30.2 Å². The molecule has 5 rings (SSSR count). The molecule has 0 unspecified atom stereocenters. The Morgan fingerprint density at radius 2 is 2.03 bits per heavy atom. The number of nitrogens with one attached hydrogen (secondary N) is 1. The quantitative estimate of drug-likeness (QED) is 0.427. The second-order valence-corrected chi connectivity index (χ2v) is 9.34. The molecule has 35 heavy (non-hydrogen) atoms. The summed E-state index contributed by atoms with van der Waals surface area (Å²) in [6.45, 7) is 4.36. The Hall–Kier alpha value is -3.17. The third-order valence-electron chi connectivity index (χ3n) is 5.92. The summed E-state index contributed by atoms with van der Waals surface area (Å²) in [5.41, 5.74) is 1.28. The minimum Gasteiger partial charge on any atom is -0.489 e. The van der Waals surface area contributed by atoms with Gasteiger partial charge in [0.2, 0.25) is 0 Å². The first-order chi connectivity index (χ1) is 16.9. The first-order valence-electron chi connectivity index (χ1n) is 11.6. The molecule has 0 amide bonds. The molecule has 0 spiro atoms. The van der Waals surface area contributed by atoms with E-state index in [1.165, 1.54) is 31.3 Å². The van der Waals surface area contributed by atoms with Crippen molar-refractivity contribution in [3.63, 3.8) is 0 Å². The summed E-state index contributed by atoms with van der Waals surface area (Å²) in [6, 6.07) is 8.07. The molecule has 0 radical (unpaired) electrons. The molecular formula is C25H26ClFN4O4. The Balaban J connectivity index is 1.38. The van der Waals surface area contributed by atoms with E-state index in [1.54, 1.807) is 6.07 Å². The summed E-state index contributed by atoms with van der Waals surface area (Å²) in [7, 11) is 0. The lowest BCUT2D eigenvalue weighted by molar-refractivity contribution is -0.157. The maximum Gasteiger partial charge on any atom is 0.320 e.